The number of nitrogens with one attached hydrogen (secondary N) is 1. The highest BCUT2D eigenvalue weighted by atomic mass is 35.5. The van der Waals surface area contributed by atoms with Gasteiger partial charge in [-0.2, -0.15) is 5.10 Å². The highest BCUT2D eigenvalue weighted by Gasteiger charge is 2.23. The van der Waals surface area contributed by atoms with Crippen LogP contribution in [-0.2, 0) is 0 Å². The van der Waals surface area contributed by atoms with Gasteiger partial charge in [0.05, 0.1) is 23.0 Å². The number of hydrogen-bond donors (Lipinski definition) is 2. The van der Waals surface area contributed by atoms with Crippen LogP contribution in [0.1, 0.15) is 37.2 Å². The Hall–Kier alpha value is -0.780. The van der Waals surface area contributed by atoms with E-state index < -0.39 is 0 Å². The quantitative estimate of drug-likeness (QED) is 0.657. The molecule has 0 bridgehead atoms. The predicted octanol–water partition coefficient (Wildman–Crippen LogP) is 3.98. The van der Waals surface area contributed by atoms with E-state index in [-0.39, 0.29) is 12.1 Å². The molecule has 20 heavy (non-hydrogen) atoms. The summed E-state index contributed by atoms with van der Waals surface area (Å²) in [5.41, 5.74) is 4.36. The van der Waals surface area contributed by atoms with Crippen LogP contribution in [0.15, 0.2) is 24.4 Å². The number of benzene rings is 1. The molecular formula is C13H15Cl3N4. The Balaban J connectivity index is 2.55. The van der Waals surface area contributed by atoms with Gasteiger partial charge in [0.1, 0.15) is 0 Å². The number of hydrazine groups is 1. The van der Waals surface area contributed by atoms with Gasteiger partial charge in [-0.05, 0) is 37.6 Å². The van der Waals surface area contributed by atoms with Gasteiger partial charge in [0.25, 0.3) is 0 Å². The van der Waals surface area contributed by atoms with Crippen LogP contribution in [0.4, 0.5) is 0 Å². The maximum absolute atomic E-state index is 6.25. The van der Waals surface area contributed by atoms with Crippen molar-refractivity contribution in [3.63, 3.8) is 0 Å². The zero-order chi connectivity index (χ0) is 14.9. The molecule has 1 aromatic carbocycles. The minimum Gasteiger partial charge on any atom is -0.271 e. The van der Waals surface area contributed by atoms with Gasteiger partial charge in [0.2, 0.25) is 0 Å². The number of aromatic nitrogens is 2. The highest BCUT2D eigenvalue weighted by Crippen LogP contribution is 2.32. The van der Waals surface area contributed by atoms with E-state index in [1.165, 1.54) is 0 Å². The Morgan fingerprint density at radius 3 is 2.25 bits per heavy atom. The first kappa shape index (κ1) is 15.6. The molecule has 1 aromatic heterocycles. The molecule has 108 valence electrons. The van der Waals surface area contributed by atoms with Crippen LogP contribution in [-0.4, -0.2) is 9.78 Å². The Labute approximate surface area is 132 Å². The number of hydrogen-bond acceptors (Lipinski definition) is 3. The fraction of sp³-hybridized carbons (Fsp3) is 0.308. The Bertz CT molecular complexity index is 589. The maximum Gasteiger partial charge on any atom is 0.0894 e. The first-order valence-corrected chi connectivity index (χ1v) is 7.22. The molecule has 0 amide bonds. The molecular weight excluding hydrogens is 319 g/mol. The molecule has 0 saturated carbocycles. The summed E-state index contributed by atoms with van der Waals surface area (Å²) in [7, 11) is 0. The Morgan fingerprint density at radius 1 is 1.15 bits per heavy atom. The summed E-state index contributed by atoms with van der Waals surface area (Å²) in [5, 5.41) is 5.90. The number of nitrogens with two attached hydrogens (primary N) is 1. The van der Waals surface area contributed by atoms with E-state index in [9.17, 15) is 0 Å². The summed E-state index contributed by atoms with van der Waals surface area (Å²) < 4.78 is 1.82. The summed E-state index contributed by atoms with van der Waals surface area (Å²) in [6, 6.07) is 5.08. The van der Waals surface area contributed by atoms with Crippen molar-refractivity contribution in [3.05, 3.63) is 50.7 Å². The van der Waals surface area contributed by atoms with Crippen LogP contribution in [0, 0.1) is 0 Å². The molecule has 0 aliphatic heterocycles. The largest absolute Gasteiger partial charge is 0.271 e. The van der Waals surface area contributed by atoms with E-state index in [0.29, 0.717) is 15.1 Å². The molecule has 1 heterocycles. The molecule has 3 N–H and O–H groups in total. The van der Waals surface area contributed by atoms with Crippen molar-refractivity contribution in [1.82, 2.24) is 15.2 Å². The lowest BCUT2D eigenvalue weighted by Gasteiger charge is -2.21. The van der Waals surface area contributed by atoms with Gasteiger partial charge in [-0.25, -0.2) is 5.43 Å². The molecule has 0 aliphatic carbocycles. The normalized spacial score (nSPS) is 12.9. The minimum atomic E-state index is -0.344. The van der Waals surface area contributed by atoms with Crippen molar-refractivity contribution in [2.24, 2.45) is 5.84 Å². The Morgan fingerprint density at radius 2 is 1.75 bits per heavy atom. The molecule has 1 atom stereocenters. The fourth-order valence-corrected chi connectivity index (χ4v) is 2.89. The summed E-state index contributed by atoms with van der Waals surface area (Å²) in [5.74, 6) is 5.70. The van der Waals surface area contributed by atoms with Gasteiger partial charge in [-0.15, -0.1) is 0 Å². The standard InChI is InChI=1S/C13H15Cl3N4/c1-7(2)20-13(11(16)6-18-20)12(19-17)8-3-9(14)5-10(15)4-8/h3-7,12,19H,17H2,1-2H3. The third kappa shape index (κ3) is 3.10. The second kappa shape index (κ2) is 6.33. The second-order valence-electron chi connectivity index (χ2n) is 4.72. The lowest BCUT2D eigenvalue weighted by atomic mass is 10.0. The van der Waals surface area contributed by atoms with Gasteiger partial charge in [-0.3, -0.25) is 10.5 Å². The monoisotopic (exact) mass is 332 g/mol. The number of rotatable bonds is 4. The number of halogens is 3. The Kier molecular flexibility index (Phi) is 4.94. The average molecular weight is 334 g/mol. The van der Waals surface area contributed by atoms with Crippen LogP contribution in [0.3, 0.4) is 0 Å². The third-order valence-corrected chi connectivity index (χ3v) is 3.66. The van der Waals surface area contributed by atoms with Crippen molar-refractivity contribution in [2.75, 3.05) is 0 Å². The van der Waals surface area contributed by atoms with Crippen LogP contribution < -0.4 is 11.3 Å². The summed E-state index contributed by atoms with van der Waals surface area (Å²) in [6.45, 7) is 4.04. The van der Waals surface area contributed by atoms with Crippen LogP contribution >= 0.6 is 34.8 Å². The lowest BCUT2D eigenvalue weighted by Crippen LogP contribution is -2.31. The van der Waals surface area contributed by atoms with E-state index in [4.69, 9.17) is 40.6 Å². The zero-order valence-corrected chi connectivity index (χ0v) is 13.3. The molecule has 0 fully saturated rings. The van der Waals surface area contributed by atoms with Crippen molar-refractivity contribution >= 4 is 34.8 Å². The second-order valence-corrected chi connectivity index (χ2v) is 6.00. The summed E-state index contributed by atoms with van der Waals surface area (Å²) in [4.78, 5) is 0. The van der Waals surface area contributed by atoms with E-state index in [2.05, 4.69) is 10.5 Å². The van der Waals surface area contributed by atoms with Gasteiger partial charge >= 0.3 is 0 Å². The minimum absolute atomic E-state index is 0.156. The molecule has 0 saturated heterocycles. The molecule has 1 unspecified atom stereocenters. The summed E-state index contributed by atoms with van der Waals surface area (Å²) >= 11 is 18.3. The molecule has 0 radical (unpaired) electrons. The third-order valence-electron chi connectivity index (χ3n) is 2.93. The number of nitrogens with zero attached hydrogens (tertiary/aromatic N) is 2. The van der Waals surface area contributed by atoms with Crippen molar-refractivity contribution in [1.29, 1.82) is 0 Å². The highest BCUT2D eigenvalue weighted by molar-refractivity contribution is 6.34. The molecule has 7 heteroatoms. The lowest BCUT2D eigenvalue weighted by molar-refractivity contribution is 0.476. The van der Waals surface area contributed by atoms with Gasteiger partial charge in [0, 0.05) is 16.1 Å². The molecule has 2 rings (SSSR count). The first-order chi connectivity index (χ1) is 9.43. The van der Waals surface area contributed by atoms with E-state index >= 15 is 0 Å². The fourth-order valence-electron chi connectivity index (χ4n) is 2.11. The van der Waals surface area contributed by atoms with Gasteiger partial charge in [0.15, 0.2) is 0 Å². The van der Waals surface area contributed by atoms with Gasteiger partial charge < -0.3 is 0 Å². The van der Waals surface area contributed by atoms with E-state index in [1.54, 1.807) is 24.4 Å². The van der Waals surface area contributed by atoms with Crippen LogP contribution in [0.5, 0.6) is 0 Å². The van der Waals surface area contributed by atoms with E-state index in [0.717, 1.165) is 11.3 Å². The predicted molar refractivity (Wildman–Crippen MR) is 83.3 cm³/mol. The van der Waals surface area contributed by atoms with Crippen molar-refractivity contribution in [3.8, 4) is 0 Å². The zero-order valence-electron chi connectivity index (χ0n) is 11.1. The maximum atomic E-state index is 6.25. The summed E-state index contributed by atoms with van der Waals surface area (Å²) in [6.07, 6.45) is 1.60. The van der Waals surface area contributed by atoms with Gasteiger partial charge in [-0.1, -0.05) is 34.8 Å². The SMILES string of the molecule is CC(C)n1ncc(Cl)c1C(NN)c1cc(Cl)cc(Cl)c1. The molecule has 2 aromatic rings. The van der Waals surface area contributed by atoms with Crippen molar-refractivity contribution in [2.45, 2.75) is 25.9 Å². The van der Waals surface area contributed by atoms with Crippen LogP contribution in [0.2, 0.25) is 15.1 Å². The van der Waals surface area contributed by atoms with Crippen molar-refractivity contribution < 1.29 is 0 Å². The topological polar surface area (TPSA) is 55.9 Å². The molecule has 4 nitrogen and oxygen atoms in total. The van der Waals surface area contributed by atoms with E-state index in [1.807, 2.05) is 18.5 Å². The molecule has 0 spiro atoms. The average Bonchev–Trinajstić information content (AvgIpc) is 2.72. The van der Waals surface area contributed by atoms with Crippen LogP contribution in [0.25, 0.3) is 0 Å². The smallest absolute Gasteiger partial charge is 0.0894 e. The molecule has 0 aliphatic rings. The first-order valence-electron chi connectivity index (χ1n) is 6.09.